The summed E-state index contributed by atoms with van der Waals surface area (Å²) in [6.07, 6.45) is -1.12. The zero-order valence-corrected chi connectivity index (χ0v) is 9.22. The van der Waals surface area contributed by atoms with E-state index in [-0.39, 0.29) is 5.69 Å². The molecular weight excluding hydrogens is 252 g/mol. The van der Waals surface area contributed by atoms with E-state index in [2.05, 4.69) is 10.3 Å². The highest BCUT2D eigenvalue weighted by atomic mass is 35.5. The Morgan fingerprint density at radius 3 is 2.53 bits per heavy atom. The maximum absolute atomic E-state index is 12.8. The molecular formula is C10H8ClF2N3O. The van der Waals surface area contributed by atoms with Crippen LogP contribution in [0.3, 0.4) is 0 Å². The fourth-order valence-corrected chi connectivity index (χ4v) is 1.48. The van der Waals surface area contributed by atoms with Gasteiger partial charge in [0, 0.05) is 0 Å². The molecule has 0 fully saturated rings. The first-order valence-electron chi connectivity index (χ1n) is 4.71. The van der Waals surface area contributed by atoms with Crippen LogP contribution in [0.2, 0.25) is 0 Å². The van der Waals surface area contributed by atoms with Gasteiger partial charge in [-0.2, -0.15) is 8.78 Å². The van der Waals surface area contributed by atoms with Gasteiger partial charge in [-0.3, -0.25) is 0 Å². The van der Waals surface area contributed by atoms with Crippen LogP contribution in [-0.2, 0) is 0 Å². The van der Waals surface area contributed by atoms with Crippen LogP contribution in [0.4, 0.5) is 8.78 Å². The molecule has 2 aromatic rings. The minimum Gasteiger partial charge on any atom is -0.379 e. The zero-order chi connectivity index (χ0) is 12.5. The molecule has 0 spiro atoms. The second-order valence-corrected chi connectivity index (χ2v) is 3.85. The van der Waals surface area contributed by atoms with Crippen LogP contribution in [-0.4, -0.2) is 25.5 Å². The van der Waals surface area contributed by atoms with Gasteiger partial charge >= 0.3 is 5.38 Å². The number of hydrogen-bond donors (Lipinski definition) is 1. The first-order chi connectivity index (χ1) is 8.00. The Kier molecular flexibility index (Phi) is 3.08. The monoisotopic (exact) mass is 259 g/mol. The smallest absolute Gasteiger partial charge is 0.352 e. The Labute approximate surface area is 100 Å². The first-order valence-corrected chi connectivity index (χ1v) is 5.09. The quantitative estimate of drug-likeness (QED) is 0.859. The number of hydrogen-bond acceptors (Lipinski definition) is 3. The molecule has 0 radical (unpaired) electrons. The van der Waals surface area contributed by atoms with E-state index in [1.54, 1.807) is 30.3 Å². The Balaban J connectivity index is 2.43. The second kappa shape index (κ2) is 4.38. The Bertz CT molecular complexity index is 498. The normalized spacial score (nSPS) is 13.6. The third-order valence-electron chi connectivity index (χ3n) is 2.17. The predicted octanol–water partition coefficient (Wildman–Crippen LogP) is 2.13. The third-order valence-corrected chi connectivity index (χ3v) is 2.37. The van der Waals surface area contributed by atoms with Crippen molar-refractivity contribution >= 4 is 11.6 Å². The molecule has 1 N–H and O–H groups in total. The number of para-hydroxylation sites is 1. The molecule has 0 bridgehead atoms. The number of halogens is 3. The minimum absolute atomic E-state index is 0.170. The first kappa shape index (κ1) is 11.9. The molecule has 0 amide bonds. The van der Waals surface area contributed by atoms with E-state index >= 15 is 0 Å². The van der Waals surface area contributed by atoms with Crippen molar-refractivity contribution < 1.29 is 13.9 Å². The Morgan fingerprint density at radius 1 is 1.29 bits per heavy atom. The number of aliphatic hydroxyl groups excluding tert-OH is 1. The van der Waals surface area contributed by atoms with Crippen LogP contribution in [0.15, 0.2) is 36.5 Å². The topological polar surface area (TPSA) is 50.9 Å². The van der Waals surface area contributed by atoms with E-state index in [1.165, 1.54) is 0 Å². The summed E-state index contributed by atoms with van der Waals surface area (Å²) in [6, 6.07) is 8.50. The summed E-state index contributed by atoms with van der Waals surface area (Å²) in [5.41, 5.74) is 0.344. The molecule has 17 heavy (non-hydrogen) atoms. The highest BCUT2D eigenvalue weighted by Crippen LogP contribution is 2.34. The van der Waals surface area contributed by atoms with Crippen LogP contribution in [0.1, 0.15) is 11.8 Å². The number of alkyl halides is 3. The summed E-state index contributed by atoms with van der Waals surface area (Å²) >= 11 is 4.78. The largest absolute Gasteiger partial charge is 0.379 e. The lowest BCUT2D eigenvalue weighted by Gasteiger charge is -2.16. The Morgan fingerprint density at radius 2 is 1.94 bits per heavy atom. The van der Waals surface area contributed by atoms with Gasteiger partial charge in [-0.1, -0.05) is 23.4 Å². The van der Waals surface area contributed by atoms with Crippen molar-refractivity contribution in [2.45, 2.75) is 11.5 Å². The van der Waals surface area contributed by atoms with Gasteiger partial charge in [0.25, 0.3) is 0 Å². The second-order valence-electron chi connectivity index (χ2n) is 3.35. The van der Waals surface area contributed by atoms with Crippen molar-refractivity contribution in [3.05, 3.63) is 42.2 Å². The molecule has 1 heterocycles. The average Bonchev–Trinajstić information content (AvgIpc) is 2.76. The van der Waals surface area contributed by atoms with Gasteiger partial charge in [0.2, 0.25) is 0 Å². The SMILES string of the molecule is OC(c1cnnn1-c1ccccc1)C(F)(F)Cl. The van der Waals surface area contributed by atoms with E-state index in [1.807, 2.05) is 0 Å². The predicted molar refractivity (Wildman–Crippen MR) is 57.1 cm³/mol. The molecule has 0 aliphatic heterocycles. The van der Waals surface area contributed by atoms with Gasteiger partial charge in [-0.15, -0.1) is 5.10 Å². The van der Waals surface area contributed by atoms with Crippen molar-refractivity contribution in [2.75, 3.05) is 0 Å². The van der Waals surface area contributed by atoms with Crippen molar-refractivity contribution in [1.29, 1.82) is 0 Å². The molecule has 2 rings (SSSR count). The summed E-state index contributed by atoms with van der Waals surface area (Å²) in [7, 11) is 0. The van der Waals surface area contributed by atoms with Crippen molar-refractivity contribution in [3.63, 3.8) is 0 Å². The molecule has 0 aliphatic carbocycles. The van der Waals surface area contributed by atoms with Gasteiger partial charge < -0.3 is 5.11 Å². The highest BCUT2D eigenvalue weighted by Gasteiger charge is 2.39. The van der Waals surface area contributed by atoms with E-state index in [0.717, 1.165) is 10.9 Å². The van der Waals surface area contributed by atoms with Crippen LogP contribution in [0.5, 0.6) is 0 Å². The van der Waals surface area contributed by atoms with Crippen LogP contribution < -0.4 is 0 Å². The fraction of sp³-hybridized carbons (Fsp3) is 0.200. The lowest BCUT2D eigenvalue weighted by atomic mass is 10.2. The number of aromatic nitrogens is 3. The molecule has 1 aromatic carbocycles. The van der Waals surface area contributed by atoms with Gasteiger partial charge in [0.05, 0.1) is 11.9 Å². The van der Waals surface area contributed by atoms with Gasteiger partial charge in [-0.25, -0.2) is 4.68 Å². The van der Waals surface area contributed by atoms with Crippen LogP contribution in [0.25, 0.3) is 5.69 Å². The van der Waals surface area contributed by atoms with E-state index in [9.17, 15) is 13.9 Å². The van der Waals surface area contributed by atoms with E-state index < -0.39 is 11.5 Å². The van der Waals surface area contributed by atoms with Crippen molar-refractivity contribution in [3.8, 4) is 5.69 Å². The standard InChI is InChI=1S/C10H8ClF2N3O/c11-10(12,13)9(17)8-6-14-15-16(8)7-4-2-1-3-5-7/h1-6,9,17H. The van der Waals surface area contributed by atoms with Gasteiger partial charge in [0.1, 0.15) is 5.69 Å². The van der Waals surface area contributed by atoms with Gasteiger partial charge in [-0.05, 0) is 23.7 Å². The Hall–Kier alpha value is -1.53. The molecule has 0 saturated carbocycles. The molecule has 4 nitrogen and oxygen atoms in total. The average molecular weight is 260 g/mol. The summed E-state index contributed by atoms with van der Waals surface area (Å²) in [5, 5.41) is 12.8. The number of benzene rings is 1. The summed E-state index contributed by atoms with van der Waals surface area (Å²) in [6.45, 7) is 0. The minimum atomic E-state index is -3.77. The number of nitrogens with zero attached hydrogens (tertiary/aromatic N) is 3. The summed E-state index contributed by atoms with van der Waals surface area (Å²) < 4.78 is 26.8. The number of aliphatic hydroxyl groups is 1. The molecule has 1 atom stereocenters. The van der Waals surface area contributed by atoms with E-state index in [4.69, 9.17) is 11.6 Å². The lowest BCUT2D eigenvalue weighted by Crippen LogP contribution is -2.21. The van der Waals surface area contributed by atoms with Crippen LogP contribution in [0, 0.1) is 0 Å². The van der Waals surface area contributed by atoms with E-state index in [0.29, 0.717) is 5.69 Å². The fourth-order valence-electron chi connectivity index (χ4n) is 1.37. The summed E-state index contributed by atoms with van der Waals surface area (Å²) in [4.78, 5) is 0. The maximum Gasteiger partial charge on any atom is 0.352 e. The molecule has 1 unspecified atom stereocenters. The van der Waals surface area contributed by atoms with Crippen molar-refractivity contribution in [2.24, 2.45) is 0 Å². The molecule has 1 aromatic heterocycles. The summed E-state index contributed by atoms with van der Waals surface area (Å²) in [5.74, 6) is 0. The maximum atomic E-state index is 12.8. The number of rotatable bonds is 3. The molecule has 90 valence electrons. The lowest BCUT2D eigenvalue weighted by molar-refractivity contribution is -0.0457. The molecule has 0 saturated heterocycles. The molecule has 0 aliphatic rings. The highest BCUT2D eigenvalue weighted by molar-refractivity contribution is 6.22. The van der Waals surface area contributed by atoms with Crippen LogP contribution >= 0.6 is 11.6 Å². The third kappa shape index (κ3) is 2.42. The van der Waals surface area contributed by atoms with Crippen molar-refractivity contribution in [1.82, 2.24) is 15.0 Å². The van der Waals surface area contributed by atoms with Gasteiger partial charge in [0.15, 0.2) is 6.10 Å². The molecule has 7 heteroatoms. The zero-order valence-electron chi connectivity index (χ0n) is 8.46.